The Balaban J connectivity index is 2.59. The van der Waals surface area contributed by atoms with Crippen molar-refractivity contribution >= 4 is 5.82 Å². The Bertz CT molecular complexity index is 344. The molecular formula is C10H15N5. The number of nitrogens with two attached hydrogens (primary N) is 1. The van der Waals surface area contributed by atoms with Gasteiger partial charge in [0.1, 0.15) is 5.82 Å². The molecule has 0 bridgehead atoms. The molecule has 0 saturated heterocycles. The van der Waals surface area contributed by atoms with Gasteiger partial charge in [0.2, 0.25) is 0 Å². The zero-order valence-electron chi connectivity index (χ0n) is 8.77. The lowest BCUT2D eigenvalue weighted by Crippen LogP contribution is -2.21. The highest BCUT2D eigenvalue weighted by molar-refractivity contribution is 5.42. The largest absolute Gasteiger partial charge is 0.308 e. The van der Waals surface area contributed by atoms with Gasteiger partial charge >= 0.3 is 0 Å². The van der Waals surface area contributed by atoms with E-state index in [4.69, 9.17) is 11.1 Å². The van der Waals surface area contributed by atoms with E-state index >= 15 is 0 Å². The van der Waals surface area contributed by atoms with Crippen LogP contribution in [0.5, 0.6) is 0 Å². The fourth-order valence-corrected chi connectivity index (χ4v) is 1.31. The first-order valence-electron chi connectivity index (χ1n) is 4.74. The molecule has 80 valence electrons. The van der Waals surface area contributed by atoms with Gasteiger partial charge in [0.25, 0.3) is 0 Å². The number of hydrogen-bond donors (Lipinski definition) is 2. The lowest BCUT2D eigenvalue weighted by atomic mass is 10.2. The van der Waals surface area contributed by atoms with Crippen molar-refractivity contribution in [1.29, 1.82) is 5.26 Å². The molecule has 1 rings (SSSR count). The van der Waals surface area contributed by atoms with Crippen LogP contribution in [0.4, 0.5) is 5.82 Å². The molecule has 0 amide bonds. The van der Waals surface area contributed by atoms with Gasteiger partial charge in [-0.3, -0.25) is 0 Å². The van der Waals surface area contributed by atoms with Crippen LogP contribution in [-0.2, 0) is 6.54 Å². The molecule has 0 unspecified atom stereocenters. The minimum Gasteiger partial charge on any atom is -0.308 e. The third kappa shape index (κ3) is 3.54. The average Bonchev–Trinajstić information content (AvgIpc) is 2.27. The van der Waals surface area contributed by atoms with E-state index in [1.165, 1.54) is 0 Å². The molecule has 0 aliphatic heterocycles. The Labute approximate surface area is 89.5 Å². The number of nitrogens with zero attached hydrogens (tertiary/aromatic N) is 3. The Morgan fingerprint density at radius 2 is 2.47 bits per heavy atom. The van der Waals surface area contributed by atoms with E-state index in [0.29, 0.717) is 12.2 Å². The minimum atomic E-state index is 0.530. The molecule has 3 N–H and O–H groups in total. The van der Waals surface area contributed by atoms with Crippen LogP contribution in [-0.4, -0.2) is 23.5 Å². The predicted molar refractivity (Wildman–Crippen MR) is 58.6 cm³/mol. The van der Waals surface area contributed by atoms with E-state index in [2.05, 4.69) is 21.4 Å². The predicted octanol–water partition coefficient (Wildman–Crippen LogP) is 0.713. The highest BCUT2D eigenvalue weighted by Gasteiger charge is 2.04. The molecule has 0 fully saturated rings. The van der Waals surface area contributed by atoms with Gasteiger partial charge in [0, 0.05) is 31.3 Å². The van der Waals surface area contributed by atoms with Crippen molar-refractivity contribution in [1.82, 2.24) is 9.88 Å². The average molecular weight is 205 g/mol. The number of anilines is 1. The standard InChI is InChI=1S/C10H15N5/c1-15(7-3-5-11)8-9-4-2-6-13-10(9)14-12/h2,4,6H,3,7-8,12H2,1H3,(H,13,14). The zero-order chi connectivity index (χ0) is 11.1. The highest BCUT2D eigenvalue weighted by atomic mass is 15.3. The van der Waals surface area contributed by atoms with Crippen LogP contribution in [0.25, 0.3) is 0 Å². The summed E-state index contributed by atoms with van der Waals surface area (Å²) in [5, 5.41) is 8.46. The van der Waals surface area contributed by atoms with Gasteiger partial charge in [-0.2, -0.15) is 5.26 Å². The molecule has 1 aromatic heterocycles. The van der Waals surface area contributed by atoms with Crippen molar-refractivity contribution in [3.05, 3.63) is 23.9 Å². The number of rotatable bonds is 5. The van der Waals surface area contributed by atoms with Crippen LogP contribution in [0.15, 0.2) is 18.3 Å². The summed E-state index contributed by atoms with van der Waals surface area (Å²) < 4.78 is 0. The summed E-state index contributed by atoms with van der Waals surface area (Å²) in [5.41, 5.74) is 3.58. The molecular weight excluding hydrogens is 190 g/mol. The topological polar surface area (TPSA) is 78.0 Å². The molecule has 0 aliphatic rings. The second-order valence-electron chi connectivity index (χ2n) is 3.30. The minimum absolute atomic E-state index is 0.530. The number of nitrogen functional groups attached to an aromatic ring is 1. The van der Waals surface area contributed by atoms with Gasteiger partial charge in [-0.1, -0.05) is 6.07 Å². The van der Waals surface area contributed by atoms with Crippen molar-refractivity contribution in [2.45, 2.75) is 13.0 Å². The van der Waals surface area contributed by atoms with Crippen molar-refractivity contribution in [3.8, 4) is 6.07 Å². The number of hydrazine groups is 1. The second-order valence-corrected chi connectivity index (χ2v) is 3.30. The lowest BCUT2D eigenvalue weighted by Gasteiger charge is -2.16. The summed E-state index contributed by atoms with van der Waals surface area (Å²) in [6, 6.07) is 5.95. The van der Waals surface area contributed by atoms with Crippen LogP contribution in [0, 0.1) is 11.3 Å². The van der Waals surface area contributed by atoms with Crippen molar-refractivity contribution in [2.24, 2.45) is 5.84 Å². The van der Waals surface area contributed by atoms with Crippen molar-refractivity contribution in [2.75, 3.05) is 19.0 Å². The molecule has 0 aliphatic carbocycles. The second kappa shape index (κ2) is 5.96. The van der Waals surface area contributed by atoms with Gasteiger partial charge in [0.15, 0.2) is 0 Å². The molecule has 0 atom stereocenters. The van der Waals surface area contributed by atoms with E-state index in [1.54, 1.807) is 6.20 Å². The zero-order valence-corrected chi connectivity index (χ0v) is 8.77. The number of pyridine rings is 1. The molecule has 5 heteroatoms. The number of nitrogens with one attached hydrogen (secondary N) is 1. The third-order valence-corrected chi connectivity index (χ3v) is 2.07. The highest BCUT2D eigenvalue weighted by Crippen LogP contribution is 2.11. The molecule has 0 spiro atoms. The summed E-state index contributed by atoms with van der Waals surface area (Å²) in [4.78, 5) is 6.16. The Kier molecular flexibility index (Phi) is 4.54. The summed E-state index contributed by atoms with van der Waals surface area (Å²) >= 11 is 0. The van der Waals surface area contributed by atoms with Crippen LogP contribution >= 0.6 is 0 Å². The first-order chi connectivity index (χ1) is 7.27. The summed E-state index contributed by atoms with van der Waals surface area (Å²) in [7, 11) is 1.96. The molecule has 15 heavy (non-hydrogen) atoms. The van der Waals surface area contributed by atoms with Crippen LogP contribution in [0.3, 0.4) is 0 Å². The molecule has 1 heterocycles. The van der Waals surface area contributed by atoms with Crippen LogP contribution in [0.1, 0.15) is 12.0 Å². The molecule has 0 aromatic carbocycles. The van der Waals surface area contributed by atoms with Gasteiger partial charge in [-0.25, -0.2) is 10.8 Å². The summed E-state index contributed by atoms with van der Waals surface area (Å²) in [6.45, 7) is 1.48. The van der Waals surface area contributed by atoms with E-state index in [-0.39, 0.29) is 0 Å². The fraction of sp³-hybridized carbons (Fsp3) is 0.400. The first-order valence-corrected chi connectivity index (χ1v) is 4.74. The summed E-state index contributed by atoms with van der Waals surface area (Å²) in [5.74, 6) is 6.02. The van der Waals surface area contributed by atoms with E-state index in [9.17, 15) is 0 Å². The maximum absolute atomic E-state index is 8.46. The SMILES string of the molecule is CN(CCC#N)Cc1cccnc1NN. The van der Waals surface area contributed by atoms with Gasteiger partial charge < -0.3 is 10.3 Å². The number of hydrogen-bond acceptors (Lipinski definition) is 5. The monoisotopic (exact) mass is 205 g/mol. The Morgan fingerprint density at radius 1 is 1.67 bits per heavy atom. The maximum atomic E-state index is 8.46. The van der Waals surface area contributed by atoms with E-state index < -0.39 is 0 Å². The lowest BCUT2D eigenvalue weighted by molar-refractivity contribution is 0.335. The number of nitriles is 1. The molecule has 1 aromatic rings. The van der Waals surface area contributed by atoms with Gasteiger partial charge in [-0.05, 0) is 13.1 Å². The van der Waals surface area contributed by atoms with Gasteiger partial charge in [0.05, 0.1) is 6.07 Å². The normalized spacial score (nSPS) is 10.0. The summed E-state index contributed by atoms with van der Waals surface area (Å²) in [6.07, 6.45) is 2.22. The van der Waals surface area contributed by atoms with E-state index in [0.717, 1.165) is 18.7 Å². The molecule has 5 nitrogen and oxygen atoms in total. The van der Waals surface area contributed by atoms with Crippen molar-refractivity contribution in [3.63, 3.8) is 0 Å². The van der Waals surface area contributed by atoms with E-state index in [1.807, 2.05) is 19.2 Å². The quantitative estimate of drug-likeness (QED) is 0.547. The first kappa shape index (κ1) is 11.4. The van der Waals surface area contributed by atoms with Crippen LogP contribution in [0.2, 0.25) is 0 Å². The molecule has 0 saturated carbocycles. The Hall–Kier alpha value is -1.64. The van der Waals surface area contributed by atoms with Crippen molar-refractivity contribution < 1.29 is 0 Å². The molecule has 0 radical (unpaired) electrons. The third-order valence-electron chi connectivity index (χ3n) is 2.07. The van der Waals surface area contributed by atoms with Crippen LogP contribution < -0.4 is 11.3 Å². The Morgan fingerprint density at radius 3 is 3.13 bits per heavy atom. The number of aromatic nitrogens is 1. The fourth-order valence-electron chi connectivity index (χ4n) is 1.31. The maximum Gasteiger partial charge on any atom is 0.144 e. The van der Waals surface area contributed by atoms with Gasteiger partial charge in [-0.15, -0.1) is 0 Å². The smallest absolute Gasteiger partial charge is 0.144 e.